The number of hydrogen-bond acceptors (Lipinski definition) is 2. The molecule has 1 aliphatic heterocycles. The lowest BCUT2D eigenvalue weighted by atomic mass is 9.89. The molecule has 1 rings (SSSR count). The Kier molecular flexibility index (Phi) is 7.15. The first-order valence-electron chi connectivity index (χ1n) is 7.48. The van der Waals surface area contributed by atoms with Crippen molar-refractivity contribution in [3.63, 3.8) is 0 Å². The van der Waals surface area contributed by atoms with Crippen LogP contribution in [0, 0.1) is 5.92 Å². The molecule has 1 heterocycles. The average molecular weight is 280 g/mol. The first-order chi connectivity index (χ1) is 8.96. The fourth-order valence-electron chi connectivity index (χ4n) is 2.83. The summed E-state index contributed by atoms with van der Waals surface area (Å²) in [7, 11) is 0. The molecule has 0 aromatic rings. The Hall–Kier alpha value is -0.290. The van der Waals surface area contributed by atoms with Crippen LogP contribution in [0.1, 0.15) is 46.0 Å². The zero-order chi connectivity index (χ0) is 14.3. The van der Waals surface area contributed by atoms with Crippen molar-refractivity contribution in [2.75, 3.05) is 26.2 Å². The van der Waals surface area contributed by atoms with Crippen LogP contribution in [0.2, 0.25) is 0 Å². The van der Waals surface area contributed by atoms with E-state index in [4.69, 9.17) is 0 Å². The van der Waals surface area contributed by atoms with Gasteiger partial charge < -0.3 is 10.2 Å². The molecule has 2 nitrogen and oxygen atoms in total. The van der Waals surface area contributed by atoms with Crippen LogP contribution in [0.4, 0.5) is 13.2 Å². The fourth-order valence-corrected chi connectivity index (χ4v) is 2.83. The third-order valence-electron chi connectivity index (χ3n) is 3.93. The maximum atomic E-state index is 12.1. The molecule has 1 saturated heterocycles. The summed E-state index contributed by atoms with van der Waals surface area (Å²) in [5.74, 6) is 0.575. The molecule has 1 aliphatic rings. The van der Waals surface area contributed by atoms with Gasteiger partial charge in [0.15, 0.2) is 0 Å². The Bertz CT molecular complexity index is 243. The second kappa shape index (κ2) is 8.10. The minimum atomic E-state index is -4.01. The molecule has 1 N–H and O–H groups in total. The van der Waals surface area contributed by atoms with Gasteiger partial charge in [-0.15, -0.1) is 0 Å². The number of piperidine rings is 1. The Labute approximate surface area is 114 Å². The highest BCUT2D eigenvalue weighted by atomic mass is 19.4. The van der Waals surface area contributed by atoms with Gasteiger partial charge in [0.25, 0.3) is 0 Å². The van der Waals surface area contributed by atoms with Crippen molar-refractivity contribution in [3.05, 3.63) is 0 Å². The van der Waals surface area contributed by atoms with Gasteiger partial charge in [-0.2, -0.15) is 13.2 Å². The maximum absolute atomic E-state index is 12.1. The van der Waals surface area contributed by atoms with Crippen LogP contribution in [0.25, 0.3) is 0 Å². The Balaban J connectivity index is 2.29. The van der Waals surface area contributed by atoms with E-state index in [1.807, 2.05) is 0 Å². The van der Waals surface area contributed by atoms with E-state index in [0.717, 1.165) is 38.9 Å². The monoisotopic (exact) mass is 280 g/mol. The van der Waals surface area contributed by atoms with E-state index in [2.05, 4.69) is 24.1 Å². The minimum Gasteiger partial charge on any atom is -0.314 e. The lowest BCUT2D eigenvalue weighted by molar-refractivity contribution is -0.136. The predicted molar refractivity (Wildman–Crippen MR) is 72.2 cm³/mol. The van der Waals surface area contributed by atoms with Gasteiger partial charge in [-0.1, -0.05) is 20.3 Å². The summed E-state index contributed by atoms with van der Waals surface area (Å²) >= 11 is 0. The maximum Gasteiger partial charge on any atom is 0.389 e. The molecule has 0 bridgehead atoms. The number of halogens is 3. The van der Waals surface area contributed by atoms with Crippen molar-refractivity contribution in [1.29, 1.82) is 0 Å². The summed E-state index contributed by atoms with van der Waals surface area (Å²) in [5, 5.41) is 3.57. The van der Waals surface area contributed by atoms with Crippen LogP contribution in [0.15, 0.2) is 0 Å². The lowest BCUT2D eigenvalue weighted by Crippen LogP contribution is -2.49. The van der Waals surface area contributed by atoms with Gasteiger partial charge in [0.05, 0.1) is 0 Å². The molecule has 0 amide bonds. The van der Waals surface area contributed by atoms with E-state index >= 15 is 0 Å². The van der Waals surface area contributed by atoms with Gasteiger partial charge in [0.1, 0.15) is 0 Å². The molecule has 0 radical (unpaired) electrons. The van der Waals surface area contributed by atoms with Crippen LogP contribution in [0.5, 0.6) is 0 Å². The van der Waals surface area contributed by atoms with Crippen molar-refractivity contribution < 1.29 is 13.2 Å². The molecule has 1 fully saturated rings. The molecule has 2 atom stereocenters. The molecule has 0 saturated carbocycles. The summed E-state index contributed by atoms with van der Waals surface area (Å²) in [6, 6.07) is 0.545. The Morgan fingerprint density at radius 1 is 1.26 bits per heavy atom. The lowest BCUT2D eigenvalue weighted by Gasteiger charge is -2.39. The SMILES string of the molecule is CCCNC1CCN(CCCC(F)(F)F)CC1CC. The predicted octanol–water partition coefficient (Wildman–Crippen LogP) is 3.43. The highest BCUT2D eigenvalue weighted by molar-refractivity contribution is 4.84. The highest BCUT2D eigenvalue weighted by Gasteiger charge is 2.29. The topological polar surface area (TPSA) is 15.3 Å². The van der Waals surface area contributed by atoms with E-state index in [1.165, 1.54) is 0 Å². The van der Waals surface area contributed by atoms with Gasteiger partial charge in [0, 0.05) is 19.0 Å². The number of alkyl halides is 3. The molecule has 2 unspecified atom stereocenters. The fraction of sp³-hybridized carbons (Fsp3) is 1.00. The Morgan fingerprint density at radius 2 is 2.00 bits per heavy atom. The smallest absolute Gasteiger partial charge is 0.314 e. The summed E-state index contributed by atoms with van der Waals surface area (Å²) in [4.78, 5) is 2.20. The van der Waals surface area contributed by atoms with Crippen LogP contribution >= 0.6 is 0 Å². The van der Waals surface area contributed by atoms with Crippen molar-refractivity contribution >= 4 is 0 Å². The minimum absolute atomic E-state index is 0.229. The molecule has 0 aromatic carbocycles. The van der Waals surface area contributed by atoms with E-state index < -0.39 is 12.6 Å². The van der Waals surface area contributed by atoms with E-state index in [-0.39, 0.29) is 6.42 Å². The quantitative estimate of drug-likeness (QED) is 0.768. The van der Waals surface area contributed by atoms with Crippen molar-refractivity contribution in [2.24, 2.45) is 5.92 Å². The first kappa shape index (κ1) is 16.8. The second-order valence-corrected chi connectivity index (χ2v) is 5.54. The molecule has 0 aliphatic carbocycles. The normalized spacial score (nSPS) is 25.7. The highest BCUT2D eigenvalue weighted by Crippen LogP contribution is 2.24. The molecular weight excluding hydrogens is 253 g/mol. The van der Waals surface area contributed by atoms with Crippen molar-refractivity contribution in [3.8, 4) is 0 Å². The van der Waals surface area contributed by atoms with Crippen LogP contribution in [-0.2, 0) is 0 Å². The largest absolute Gasteiger partial charge is 0.389 e. The van der Waals surface area contributed by atoms with Crippen LogP contribution in [-0.4, -0.2) is 43.3 Å². The summed E-state index contributed by atoms with van der Waals surface area (Å²) in [6.07, 6.45) is -1.15. The number of nitrogens with zero attached hydrogens (tertiary/aromatic N) is 1. The molecule has 0 spiro atoms. The van der Waals surface area contributed by atoms with E-state index in [0.29, 0.717) is 18.5 Å². The van der Waals surface area contributed by atoms with E-state index in [9.17, 15) is 13.2 Å². The third kappa shape index (κ3) is 6.61. The zero-order valence-electron chi connectivity index (χ0n) is 12.1. The van der Waals surface area contributed by atoms with Crippen molar-refractivity contribution in [2.45, 2.75) is 58.2 Å². The first-order valence-corrected chi connectivity index (χ1v) is 7.48. The molecule has 0 aromatic heterocycles. The van der Waals surface area contributed by atoms with Crippen LogP contribution in [0.3, 0.4) is 0 Å². The third-order valence-corrected chi connectivity index (χ3v) is 3.93. The molecule has 5 heteroatoms. The number of hydrogen-bond donors (Lipinski definition) is 1. The average Bonchev–Trinajstić information content (AvgIpc) is 2.35. The van der Waals surface area contributed by atoms with Gasteiger partial charge in [-0.05, 0) is 44.8 Å². The van der Waals surface area contributed by atoms with Gasteiger partial charge in [-0.3, -0.25) is 0 Å². The number of likely N-dealkylation sites (tertiary alicyclic amines) is 1. The molecular formula is C14H27F3N2. The van der Waals surface area contributed by atoms with Crippen molar-refractivity contribution in [1.82, 2.24) is 10.2 Å². The zero-order valence-corrected chi connectivity index (χ0v) is 12.1. The standard InChI is InChI=1S/C14H27F3N2/c1-3-8-18-13-6-10-19(11-12(13)4-2)9-5-7-14(15,16)17/h12-13,18H,3-11H2,1-2H3. The van der Waals surface area contributed by atoms with E-state index in [1.54, 1.807) is 0 Å². The molecule has 114 valence electrons. The summed E-state index contributed by atoms with van der Waals surface area (Å²) in [5.41, 5.74) is 0. The van der Waals surface area contributed by atoms with Gasteiger partial charge in [-0.25, -0.2) is 0 Å². The Morgan fingerprint density at radius 3 is 2.58 bits per heavy atom. The second-order valence-electron chi connectivity index (χ2n) is 5.54. The van der Waals surface area contributed by atoms with Crippen LogP contribution < -0.4 is 5.32 Å². The van der Waals surface area contributed by atoms with Gasteiger partial charge in [0.2, 0.25) is 0 Å². The summed E-state index contributed by atoms with van der Waals surface area (Å²) in [6.45, 7) is 7.81. The number of rotatable bonds is 7. The molecule has 19 heavy (non-hydrogen) atoms. The number of nitrogens with one attached hydrogen (secondary N) is 1. The van der Waals surface area contributed by atoms with Gasteiger partial charge >= 0.3 is 6.18 Å². The summed E-state index contributed by atoms with van der Waals surface area (Å²) < 4.78 is 36.4.